The van der Waals surface area contributed by atoms with Crippen LogP contribution in [0.3, 0.4) is 0 Å². The number of aliphatic hydroxyl groups excluding tert-OH is 1. The van der Waals surface area contributed by atoms with Crippen LogP contribution >= 0.6 is 0 Å². The highest BCUT2D eigenvalue weighted by Gasteiger charge is 2.26. The number of rotatable bonds is 6. The summed E-state index contributed by atoms with van der Waals surface area (Å²) in [5.74, 6) is -0.144. The van der Waals surface area contributed by atoms with Crippen LogP contribution in [0.15, 0.2) is 16.7 Å². The predicted molar refractivity (Wildman–Crippen MR) is 65.3 cm³/mol. The van der Waals surface area contributed by atoms with Crippen molar-refractivity contribution in [3.63, 3.8) is 0 Å². The number of carboxylic acid groups (broad SMARTS) is 1. The van der Waals surface area contributed by atoms with Gasteiger partial charge in [-0.1, -0.05) is 6.42 Å². The van der Waals surface area contributed by atoms with Gasteiger partial charge in [0.2, 0.25) is 5.76 Å². The third kappa shape index (κ3) is 2.91. The number of hydrogen-bond acceptors (Lipinski definition) is 4. The second-order valence-corrected chi connectivity index (χ2v) is 4.84. The maximum Gasteiger partial charge on any atom is 0.372 e. The molecule has 1 saturated carbocycles. The van der Waals surface area contributed by atoms with Gasteiger partial charge in [0.25, 0.3) is 0 Å². The lowest BCUT2D eigenvalue weighted by atomic mass is 9.97. The van der Waals surface area contributed by atoms with Crippen molar-refractivity contribution in [3.8, 4) is 0 Å². The van der Waals surface area contributed by atoms with Crippen molar-refractivity contribution >= 4 is 5.97 Å². The summed E-state index contributed by atoms with van der Waals surface area (Å²) in [7, 11) is 0. The van der Waals surface area contributed by atoms with E-state index >= 15 is 0 Å². The minimum absolute atomic E-state index is 0.00706. The number of aliphatic hydroxyl groups is 1. The zero-order valence-corrected chi connectivity index (χ0v) is 10.3. The van der Waals surface area contributed by atoms with Crippen LogP contribution in [0.2, 0.25) is 0 Å². The van der Waals surface area contributed by atoms with E-state index in [1.54, 1.807) is 6.07 Å². The fraction of sp³-hybridized carbons (Fsp3) is 0.615. The van der Waals surface area contributed by atoms with Gasteiger partial charge in [0.15, 0.2) is 0 Å². The van der Waals surface area contributed by atoms with E-state index in [0.29, 0.717) is 23.9 Å². The SMILES string of the molecule is O=C(O)c1occc1CNCC1CCCC1CO. The Labute approximate surface area is 106 Å². The molecular weight excluding hydrogens is 234 g/mol. The molecule has 5 nitrogen and oxygen atoms in total. The Kier molecular flexibility index (Phi) is 4.38. The van der Waals surface area contributed by atoms with Crippen molar-refractivity contribution in [3.05, 3.63) is 23.7 Å². The van der Waals surface area contributed by atoms with Crippen molar-refractivity contribution < 1.29 is 19.4 Å². The molecular formula is C13H19NO4. The van der Waals surface area contributed by atoms with E-state index in [1.165, 1.54) is 12.7 Å². The molecule has 0 radical (unpaired) electrons. The van der Waals surface area contributed by atoms with Gasteiger partial charge in [0.05, 0.1) is 6.26 Å². The van der Waals surface area contributed by atoms with Gasteiger partial charge >= 0.3 is 5.97 Å². The molecule has 0 spiro atoms. The molecule has 100 valence electrons. The zero-order chi connectivity index (χ0) is 13.0. The van der Waals surface area contributed by atoms with Gasteiger partial charge in [-0.15, -0.1) is 0 Å². The molecule has 1 heterocycles. The Hall–Kier alpha value is -1.33. The summed E-state index contributed by atoms with van der Waals surface area (Å²) in [4.78, 5) is 10.8. The maximum absolute atomic E-state index is 10.8. The van der Waals surface area contributed by atoms with Gasteiger partial charge in [-0.05, 0) is 37.3 Å². The Morgan fingerprint density at radius 2 is 2.22 bits per heavy atom. The highest BCUT2D eigenvalue weighted by molar-refractivity contribution is 5.86. The first kappa shape index (κ1) is 13.1. The van der Waals surface area contributed by atoms with Gasteiger partial charge in [-0.3, -0.25) is 0 Å². The quantitative estimate of drug-likeness (QED) is 0.715. The average molecular weight is 253 g/mol. The number of nitrogens with one attached hydrogen (secondary N) is 1. The second-order valence-electron chi connectivity index (χ2n) is 4.84. The lowest BCUT2D eigenvalue weighted by molar-refractivity contribution is 0.0660. The van der Waals surface area contributed by atoms with Crippen LogP contribution < -0.4 is 5.32 Å². The van der Waals surface area contributed by atoms with Crippen molar-refractivity contribution in [2.75, 3.05) is 13.2 Å². The summed E-state index contributed by atoms with van der Waals surface area (Å²) in [6.07, 6.45) is 4.79. The molecule has 1 aromatic rings. The zero-order valence-electron chi connectivity index (χ0n) is 10.3. The van der Waals surface area contributed by atoms with Gasteiger partial charge in [0, 0.05) is 18.7 Å². The van der Waals surface area contributed by atoms with Gasteiger partial charge in [0.1, 0.15) is 0 Å². The lowest BCUT2D eigenvalue weighted by Crippen LogP contribution is -2.26. The molecule has 3 N–H and O–H groups in total. The second kappa shape index (κ2) is 6.02. The molecule has 2 unspecified atom stereocenters. The average Bonchev–Trinajstić information content (AvgIpc) is 2.97. The molecule has 0 bridgehead atoms. The van der Waals surface area contributed by atoms with Crippen LogP contribution in [-0.4, -0.2) is 29.3 Å². The first-order valence-corrected chi connectivity index (χ1v) is 6.33. The Bertz CT molecular complexity index is 401. The van der Waals surface area contributed by atoms with Crippen LogP contribution in [0, 0.1) is 11.8 Å². The van der Waals surface area contributed by atoms with Gasteiger partial charge in [-0.2, -0.15) is 0 Å². The van der Waals surface area contributed by atoms with E-state index < -0.39 is 5.97 Å². The van der Waals surface area contributed by atoms with Crippen molar-refractivity contribution in [1.29, 1.82) is 0 Å². The van der Waals surface area contributed by atoms with E-state index in [0.717, 1.165) is 19.4 Å². The molecule has 0 saturated heterocycles. The van der Waals surface area contributed by atoms with E-state index in [-0.39, 0.29) is 12.4 Å². The van der Waals surface area contributed by atoms with E-state index in [9.17, 15) is 9.90 Å². The smallest absolute Gasteiger partial charge is 0.372 e. The molecule has 2 rings (SSSR count). The van der Waals surface area contributed by atoms with E-state index in [1.807, 2.05) is 0 Å². The van der Waals surface area contributed by atoms with Crippen LogP contribution in [0.1, 0.15) is 35.4 Å². The topological polar surface area (TPSA) is 82.7 Å². The van der Waals surface area contributed by atoms with Crippen molar-refractivity contribution in [2.24, 2.45) is 11.8 Å². The minimum Gasteiger partial charge on any atom is -0.475 e. The number of aromatic carboxylic acids is 1. The minimum atomic E-state index is -1.04. The number of carbonyl (C=O) groups is 1. The maximum atomic E-state index is 10.8. The van der Waals surface area contributed by atoms with Crippen LogP contribution in [0.25, 0.3) is 0 Å². The molecule has 0 aromatic carbocycles. The van der Waals surface area contributed by atoms with E-state index in [4.69, 9.17) is 9.52 Å². The highest BCUT2D eigenvalue weighted by atomic mass is 16.4. The summed E-state index contributed by atoms with van der Waals surface area (Å²) < 4.78 is 4.91. The normalized spacial score (nSPS) is 23.4. The molecule has 18 heavy (non-hydrogen) atoms. The molecule has 0 aliphatic heterocycles. The summed E-state index contributed by atoms with van der Waals surface area (Å²) in [5.41, 5.74) is 0.668. The molecule has 1 aliphatic carbocycles. The molecule has 1 aliphatic rings. The number of furan rings is 1. The Morgan fingerprint density at radius 3 is 2.94 bits per heavy atom. The summed E-state index contributed by atoms with van der Waals surface area (Å²) in [6.45, 7) is 1.56. The fourth-order valence-electron chi connectivity index (χ4n) is 2.68. The van der Waals surface area contributed by atoms with Gasteiger partial charge < -0.3 is 19.9 Å². The summed E-state index contributed by atoms with van der Waals surface area (Å²) in [6, 6.07) is 1.68. The largest absolute Gasteiger partial charge is 0.475 e. The lowest BCUT2D eigenvalue weighted by Gasteiger charge is -2.17. The third-order valence-corrected chi connectivity index (χ3v) is 3.71. The fourth-order valence-corrected chi connectivity index (χ4v) is 2.68. The number of carboxylic acids is 1. The van der Waals surface area contributed by atoms with E-state index in [2.05, 4.69) is 5.32 Å². The Morgan fingerprint density at radius 1 is 1.44 bits per heavy atom. The number of hydrogen-bond donors (Lipinski definition) is 3. The third-order valence-electron chi connectivity index (χ3n) is 3.71. The molecule has 1 fully saturated rings. The predicted octanol–water partition coefficient (Wildman–Crippen LogP) is 1.48. The standard InChI is InChI=1S/C13H19NO4/c15-8-11-3-1-2-9(11)6-14-7-10-4-5-18-12(10)13(16)17/h4-5,9,11,14-15H,1-3,6-8H2,(H,16,17). The molecule has 1 aromatic heterocycles. The molecule has 0 amide bonds. The first-order valence-electron chi connectivity index (χ1n) is 6.33. The van der Waals surface area contributed by atoms with Crippen LogP contribution in [0.5, 0.6) is 0 Å². The molecule has 2 atom stereocenters. The van der Waals surface area contributed by atoms with Crippen molar-refractivity contribution in [1.82, 2.24) is 5.32 Å². The van der Waals surface area contributed by atoms with Gasteiger partial charge in [-0.25, -0.2) is 4.79 Å². The monoisotopic (exact) mass is 253 g/mol. The highest BCUT2D eigenvalue weighted by Crippen LogP contribution is 2.30. The van der Waals surface area contributed by atoms with Crippen molar-refractivity contribution in [2.45, 2.75) is 25.8 Å². The first-order chi connectivity index (χ1) is 8.72. The van der Waals surface area contributed by atoms with Crippen LogP contribution in [-0.2, 0) is 6.54 Å². The summed E-state index contributed by atoms with van der Waals surface area (Å²) in [5, 5.41) is 21.4. The summed E-state index contributed by atoms with van der Waals surface area (Å²) >= 11 is 0. The molecule has 5 heteroatoms. The Balaban J connectivity index is 1.81. The van der Waals surface area contributed by atoms with Crippen LogP contribution in [0.4, 0.5) is 0 Å².